The minimum atomic E-state index is -0.697. The lowest BCUT2D eigenvalue weighted by Gasteiger charge is -2.17. The molecule has 2 rings (SSSR count). The van der Waals surface area contributed by atoms with Crippen molar-refractivity contribution in [2.75, 3.05) is 0 Å². The molecule has 1 aromatic carbocycles. The van der Waals surface area contributed by atoms with Crippen molar-refractivity contribution in [3.8, 4) is 23.3 Å². The van der Waals surface area contributed by atoms with Crippen LogP contribution in [0, 0.1) is 22.7 Å². The quantitative estimate of drug-likeness (QED) is 0.847. The molecule has 0 unspecified atom stereocenters. The fourth-order valence-electron chi connectivity index (χ4n) is 2.77. The van der Waals surface area contributed by atoms with Crippen molar-refractivity contribution in [3.63, 3.8) is 0 Å². The minimum Gasteiger partial charge on any atom is -0.265 e. The third-order valence-electron chi connectivity index (χ3n) is 3.74. The second-order valence-corrected chi connectivity index (χ2v) is 4.79. The third-order valence-corrected chi connectivity index (χ3v) is 3.74. The summed E-state index contributed by atoms with van der Waals surface area (Å²) in [7, 11) is 0. The van der Waals surface area contributed by atoms with Crippen LogP contribution in [0.15, 0.2) is 36.7 Å². The molecular weight excluding hydrogens is 258 g/mol. The largest absolute Gasteiger partial charge is 0.265 e. The Hall–Kier alpha value is -2.65. The Bertz CT molecular complexity index is 692. The molecule has 2 aromatic rings. The molecule has 1 aromatic heterocycles. The Labute approximate surface area is 125 Å². The number of benzene rings is 1. The average molecular weight is 275 g/mol. The minimum absolute atomic E-state index is 0.697. The molecule has 0 radical (unpaired) electrons. The van der Waals surface area contributed by atoms with Crippen molar-refractivity contribution in [2.45, 2.75) is 32.6 Å². The Kier molecular flexibility index (Phi) is 4.69. The van der Waals surface area contributed by atoms with Gasteiger partial charge in [-0.05, 0) is 52.8 Å². The summed E-state index contributed by atoms with van der Waals surface area (Å²) in [5, 5.41) is 18.3. The van der Waals surface area contributed by atoms with E-state index in [4.69, 9.17) is 10.5 Å². The average Bonchev–Trinajstić information content (AvgIpc) is 2.56. The molecule has 1 heterocycles. The molecule has 21 heavy (non-hydrogen) atoms. The van der Waals surface area contributed by atoms with Crippen molar-refractivity contribution in [3.05, 3.63) is 53.3 Å². The van der Waals surface area contributed by atoms with Crippen molar-refractivity contribution in [1.29, 1.82) is 10.5 Å². The maximum absolute atomic E-state index is 9.17. The molecule has 3 heteroatoms. The van der Waals surface area contributed by atoms with Gasteiger partial charge >= 0.3 is 0 Å². The highest BCUT2D eigenvalue weighted by Gasteiger charge is 2.18. The number of nitriles is 2. The summed E-state index contributed by atoms with van der Waals surface area (Å²) in [4.78, 5) is 4.06. The van der Waals surface area contributed by atoms with Gasteiger partial charge < -0.3 is 0 Å². The number of aromatic nitrogens is 1. The van der Waals surface area contributed by atoms with Crippen molar-refractivity contribution < 1.29 is 0 Å². The smallest absolute Gasteiger partial charge is 0.158 e. The van der Waals surface area contributed by atoms with E-state index < -0.39 is 5.92 Å². The predicted molar refractivity (Wildman–Crippen MR) is 82.4 cm³/mol. The van der Waals surface area contributed by atoms with Crippen LogP contribution >= 0.6 is 0 Å². The maximum Gasteiger partial charge on any atom is 0.158 e. The molecule has 0 saturated heterocycles. The van der Waals surface area contributed by atoms with Gasteiger partial charge in [0.05, 0.1) is 12.1 Å². The van der Waals surface area contributed by atoms with E-state index in [1.807, 2.05) is 24.3 Å². The second-order valence-electron chi connectivity index (χ2n) is 4.79. The highest BCUT2D eigenvalue weighted by Crippen LogP contribution is 2.32. The van der Waals surface area contributed by atoms with E-state index >= 15 is 0 Å². The summed E-state index contributed by atoms with van der Waals surface area (Å²) in [5.41, 5.74) is 5.47. The first-order valence-corrected chi connectivity index (χ1v) is 7.11. The fraction of sp³-hybridized carbons (Fsp3) is 0.278. The predicted octanol–water partition coefficient (Wildman–Crippen LogP) is 4.00. The van der Waals surface area contributed by atoms with Crippen molar-refractivity contribution in [1.82, 2.24) is 4.98 Å². The zero-order valence-electron chi connectivity index (χ0n) is 12.3. The second kappa shape index (κ2) is 6.68. The highest BCUT2D eigenvalue weighted by atomic mass is 14.6. The molecule has 3 nitrogen and oxygen atoms in total. The first kappa shape index (κ1) is 14.8. The van der Waals surface area contributed by atoms with Crippen LogP contribution in [0.2, 0.25) is 0 Å². The molecule has 0 saturated carbocycles. The Balaban J connectivity index is 2.68. The number of hydrogen-bond donors (Lipinski definition) is 0. The Morgan fingerprint density at radius 1 is 0.952 bits per heavy atom. The van der Waals surface area contributed by atoms with E-state index in [2.05, 4.69) is 31.0 Å². The molecular formula is C18H17N3. The Morgan fingerprint density at radius 3 is 2.10 bits per heavy atom. The van der Waals surface area contributed by atoms with Crippen LogP contribution in [0.1, 0.15) is 36.5 Å². The van der Waals surface area contributed by atoms with E-state index in [9.17, 15) is 0 Å². The SMILES string of the molecule is CCc1c(-c2ccncc2)ccc(C(C#N)C#N)c1CC. The standard InChI is InChI=1S/C18H17N3/c1-3-15-16(4-2)18(14(11-19)12-20)6-5-17(15)13-7-9-21-10-8-13/h5-10,14H,3-4H2,1-2H3. The fourth-order valence-corrected chi connectivity index (χ4v) is 2.77. The van der Waals surface area contributed by atoms with Crippen LogP contribution in [-0.4, -0.2) is 4.98 Å². The lowest BCUT2D eigenvalue weighted by atomic mass is 9.85. The molecule has 0 aliphatic rings. The summed E-state index contributed by atoms with van der Waals surface area (Å²) in [6.45, 7) is 4.18. The normalized spacial score (nSPS) is 10.1. The molecule has 104 valence electrons. The lowest BCUT2D eigenvalue weighted by molar-refractivity contribution is 0.974. The molecule has 0 N–H and O–H groups in total. The van der Waals surface area contributed by atoms with Gasteiger partial charge in [-0.25, -0.2) is 0 Å². The maximum atomic E-state index is 9.17. The molecule has 0 atom stereocenters. The van der Waals surface area contributed by atoms with Crippen LogP contribution in [0.4, 0.5) is 0 Å². The van der Waals surface area contributed by atoms with E-state index in [0.29, 0.717) is 0 Å². The zero-order chi connectivity index (χ0) is 15.2. The lowest BCUT2D eigenvalue weighted by Crippen LogP contribution is -2.04. The first-order valence-electron chi connectivity index (χ1n) is 7.11. The number of pyridine rings is 1. The topological polar surface area (TPSA) is 60.5 Å². The molecule has 0 amide bonds. The van der Waals surface area contributed by atoms with Gasteiger partial charge in [0.2, 0.25) is 0 Å². The summed E-state index contributed by atoms with van der Waals surface area (Å²) in [6.07, 6.45) is 5.25. The number of rotatable bonds is 4. The summed E-state index contributed by atoms with van der Waals surface area (Å²) in [6, 6.07) is 12.1. The van der Waals surface area contributed by atoms with Gasteiger partial charge in [0, 0.05) is 12.4 Å². The van der Waals surface area contributed by atoms with E-state index in [1.165, 1.54) is 5.56 Å². The van der Waals surface area contributed by atoms with E-state index in [0.717, 1.165) is 35.1 Å². The van der Waals surface area contributed by atoms with Crippen LogP contribution in [0.25, 0.3) is 11.1 Å². The van der Waals surface area contributed by atoms with Gasteiger partial charge in [0.15, 0.2) is 5.92 Å². The highest BCUT2D eigenvalue weighted by molar-refractivity contribution is 5.70. The van der Waals surface area contributed by atoms with Gasteiger partial charge in [0.1, 0.15) is 0 Å². The van der Waals surface area contributed by atoms with Crippen LogP contribution in [0.3, 0.4) is 0 Å². The van der Waals surface area contributed by atoms with Gasteiger partial charge in [-0.1, -0.05) is 26.0 Å². The third kappa shape index (κ3) is 2.78. The van der Waals surface area contributed by atoms with Crippen LogP contribution in [-0.2, 0) is 12.8 Å². The van der Waals surface area contributed by atoms with Gasteiger partial charge in [-0.15, -0.1) is 0 Å². The number of nitrogens with zero attached hydrogens (tertiary/aromatic N) is 3. The monoisotopic (exact) mass is 275 g/mol. The molecule has 0 aliphatic carbocycles. The summed E-state index contributed by atoms with van der Waals surface area (Å²) in [5.74, 6) is -0.697. The van der Waals surface area contributed by atoms with Crippen molar-refractivity contribution >= 4 is 0 Å². The zero-order valence-corrected chi connectivity index (χ0v) is 12.3. The molecule has 0 spiro atoms. The first-order chi connectivity index (χ1) is 10.3. The van der Waals surface area contributed by atoms with Crippen LogP contribution < -0.4 is 0 Å². The van der Waals surface area contributed by atoms with Gasteiger partial charge in [-0.3, -0.25) is 4.98 Å². The van der Waals surface area contributed by atoms with Crippen LogP contribution in [0.5, 0.6) is 0 Å². The number of hydrogen-bond acceptors (Lipinski definition) is 3. The van der Waals surface area contributed by atoms with E-state index in [-0.39, 0.29) is 0 Å². The Morgan fingerprint density at radius 2 is 1.57 bits per heavy atom. The molecule has 0 aliphatic heterocycles. The van der Waals surface area contributed by atoms with Gasteiger partial charge in [0.25, 0.3) is 0 Å². The molecule has 0 fully saturated rings. The summed E-state index contributed by atoms with van der Waals surface area (Å²) < 4.78 is 0. The van der Waals surface area contributed by atoms with Crippen molar-refractivity contribution in [2.24, 2.45) is 0 Å². The van der Waals surface area contributed by atoms with Gasteiger partial charge in [-0.2, -0.15) is 10.5 Å². The van der Waals surface area contributed by atoms with E-state index in [1.54, 1.807) is 12.4 Å². The summed E-state index contributed by atoms with van der Waals surface area (Å²) >= 11 is 0. The molecule has 0 bridgehead atoms.